The second-order valence-electron chi connectivity index (χ2n) is 10.5. The second-order valence-corrected chi connectivity index (χ2v) is 10.9. The van der Waals surface area contributed by atoms with Gasteiger partial charge in [-0.1, -0.05) is 17.7 Å². The quantitative estimate of drug-likeness (QED) is 0.344. The Morgan fingerprint density at radius 1 is 1.08 bits per heavy atom. The zero-order valence-corrected chi connectivity index (χ0v) is 23.3. The van der Waals surface area contributed by atoms with Crippen molar-refractivity contribution in [3.63, 3.8) is 0 Å². The molecule has 204 valence electrons. The third-order valence-electron chi connectivity index (χ3n) is 6.43. The summed E-state index contributed by atoms with van der Waals surface area (Å²) in [5, 5.41) is 0.267. The fraction of sp³-hybridized carbons (Fsp3) is 0.393. The topological polar surface area (TPSA) is 109 Å². The van der Waals surface area contributed by atoms with Crippen molar-refractivity contribution >= 4 is 28.7 Å². The summed E-state index contributed by atoms with van der Waals surface area (Å²) in [7, 11) is 1.55. The largest absolute Gasteiger partial charge is 0.491 e. The number of fused-ring (bicyclic) bond motifs is 1. The fourth-order valence-electron chi connectivity index (χ4n) is 4.60. The Kier molecular flexibility index (Phi) is 7.67. The van der Waals surface area contributed by atoms with Crippen LogP contribution in [0.5, 0.6) is 5.75 Å². The van der Waals surface area contributed by atoms with E-state index < -0.39 is 5.60 Å². The van der Waals surface area contributed by atoms with Crippen molar-refractivity contribution in [2.24, 2.45) is 0 Å². The minimum Gasteiger partial charge on any atom is -0.491 e. The summed E-state index contributed by atoms with van der Waals surface area (Å²) in [4.78, 5) is 37.5. The molecule has 1 saturated heterocycles. The van der Waals surface area contributed by atoms with Crippen LogP contribution in [0.15, 0.2) is 42.9 Å². The minimum absolute atomic E-state index is 0.244. The lowest BCUT2D eigenvalue weighted by Crippen LogP contribution is -2.49. The van der Waals surface area contributed by atoms with Gasteiger partial charge in [0, 0.05) is 56.6 Å². The summed E-state index contributed by atoms with van der Waals surface area (Å²) in [6.45, 7) is 9.36. The molecular weight excluding hydrogens is 518 g/mol. The molecule has 0 atom stereocenters. The Hall–Kier alpha value is -3.76. The number of imidazole rings is 1. The molecule has 4 heterocycles. The summed E-state index contributed by atoms with van der Waals surface area (Å²) < 4.78 is 10.9. The molecule has 0 bridgehead atoms. The van der Waals surface area contributed by atoms with Gasteiger partial charge in [-0.05, 0) is 50.6 Å². The number of carbonyl (C=O) groups is 1. The van der Waals surface area contributed by atoms with Crippen LogP contribution in [0, 0.1) is 0 Å². The number of hydrogen-bond acceptors (Lipinski definition) is 8. The van der Waals surface area contributed by atoms with Crippen LogP contribution in [0.25, 0.3) is 22.3 Å². The molecule has 0 unspecified atom stereocenters. The number of aromatic amines is 1. The maximum absolute atomic E-state index is 12.3. The zero-order valence-electron chi connectivity index (χ0n) is 22.6. The number of nitrogens with zero attached hydrogens (tertiary/aromatic N) is 6. The summed E-state index contributed by atoms with van der Waals surface area (Å²) in [6.07, 6.45) is 3.59. The van der Waals surface area contributed by atoms with E-state index in [-0.39, 0.29) is 11.2 Å². The van der Waals surface area contributed by atoms with E-state index in [9.17, 15) is 4.79 Å². The van der Waals surface area contributed by atoms with E-state index in [0.29, 0.717) is 31.0 Å². The first-order chi connectivity index (χ1) is 18.7. The highest BCUT2D eigenvalue weighted by Gasteiger charge is 2.26. The van der Waals surface area contributed by atoms with Crippen molar-refractivity contribution < 1.29 is 14.3 Å². The van der Waals surface area contributed by atoms with Gasteiger partial charge in [0.05, 0.1) is 18.1 Å². The first kappa shape index (κ1) is 26.8. The second kappa shape index (κ2) is 11.2. The molecule has 1 fully saturated rings. The highest BCUT2D eigenvalue weighted by Crippen LogP contribution is 2.33. The van der Waals surface area contributed by atoms with Crippen molar-refractivity contribution in [3.8, 4) is 17.0 Å². The number of ether oxygens (including phenoxy) is 2. The Balaban J connectivity index is 1.23. The number of pyridine rings is 1. The first-order valence-electron chi connectivity index (χ1n) is 12.9. The highest BCUT2D eigenvalue weighted by atomic mass is 35.5. The molecule has 1 N–H and O–H groups in total. The average molecular weight is 550 g/mol. The summed E-state index contributed by atoms with van der Waals surface area (Å²) in [5.74, 6) is 1.26. The van der Waals surface area contributed by atoms with E-state index >= 15 is 0 Å². The van der Waals surface area contributed by atoms with Gasteiger partial charge in [-0.3, -0.25) is 9.88 Å². The maximum atomic E-state index is 12.3. The molecule has 0 aliphatic carbocycles. The molecule has 1 aliphatic rings. The van der Waals surface area contributed by atoms with E-state index in [2.05, 4.69) is 30.9 Å². The van der Waals surface area contributed by atoms with Gasteiger partial charge >= 0.3 is 6.09 Å². The number of carbonyl (C=O) groups excluding carboxylic acids is 1. The van der Waals surface area contributed by atoms with Crippen LogP contribution in [0.1, 0.15) is 37.9 Å². The molecule has 3 aromatic heterocycles. The number of methoxy groups -OCH3 is 1. The number of hydrogen-bond donors (Lipinski definition) is 1. The van der Waals surface area contributed by atoms with E-state index in [0.717, 1.165) is 47.7 Å². The summed E-state index contributed by atoms with van der Waals surface area (Å²) in [5.41, 5.74) is 4.84. The molecule has 5 rings (SSSR count). The van der Waals surface area contributed by atoms with Crippen molar-refractivity contribution in [3.05, 3.63) is 65.1 Å². The minimum atomic E-state index is -0.484. The van der Waals surface area contributed by atoms with Crippen molar-refractivity contribution in [2.45, 2.75) is 39.3 Å². The van der Waals surface area contributed by atoms with E-state index in [4.69, 9.17) is 26.1 Å². The molecule has 4 aromatic rings. The monoisotopic (exact) mass is 549 g/mol. The molecule has 0 radical (unpaired) electrons. The van der Waals surface area contributed by atoms with Crippen molar-refractivity contribution in [2.75, 3.05) is 33.3 Å². The Bertz CT molecular complexity index is 1480. The van der Waals surface area contributed by atoms with Gasteiger partial charge < -0.3 is 19.4 Å². The van der Waals surface area contributed by atoms with E-state index in [1.165, 1.54) is 11.9 Å². The van der Waals surface area contributed by atoms with Crippen molar-refractivity contribution in [1.82, 2.24) is 34.7 Å². The van der Waals surface area contributed by atoms with Crippen LogP contribution in [-0.4, -0.2) is 79.7 Å². The highest BCUT2D eigenvalue weighted by molar-refractivity contribution is 6.31. The van der Waals surface area contributed by atoms with Crippen LogP contribution >= 0.6 is 11.6 Å². The molecule has 11 heteroatoms. The van der Waals surface area contributed by atoms with E-state index in [1.807, 2.05) is 51.2 Å². The van der Waals surface area contributed by atoms with Gasteiger partial charge in [0.2, 0.25) is 0 Å². The average Bonchev–Trinajstić information content (AvgIpc) is 3.29. The fourth-order valence-corrected chi connectivity index (χ4v) is 4.81. The lowest BCUT2D eigenvalue weighted by molar-refractivity contribution is 0.0139. The molecule has 0 spiro atoms. The van der Waals surface area contributed by atoms with Crippen LogP contribution < -0.4 is 4.74 Å². The normalized spacial score (nSPS) is 14.5. The Morgan fingerprint density at radius 2 is 1.87 bits per heavy atom. The molecule has 0 saturated carbocycles. The predicted molar refractivity (Wildman–Crippen MR) is 149 cm³/mol. The van der Waals surface area contributed by atoms with Crippen LogP contribution in [0.3, 0.4) is 0 Å². The summed E-state index contributed by atoms with van der Waals surface area (Å²) in [6, 6.07) is 10.0. The number of H-pyrrole nitrogens is 1. The number of benzene rings is 1. The number of piperazine rings is 1. The number of halogens is 1. The Morgan fingerprint density at radius 3 is 2.62 bits per heavy atom. The van der Waals surface area contributed by atoms with Gasteiger partial charge in [-0.15, -0.1) is 0 Å². The predicted octanol–water partition coefficient (Wildman–Crippen LogP) is 4.72. The number of rotatable bonds is 6. The Labute approximate surface area is 232 Å². The lowest BCUT2D eigenvalue weighted by atomic mass is 10.1. The van der Waals surface area contributed by atoms with E-state index in [1.54, 1.807) is 12.0 Å². The van der Waals surface area contributed by atoms with Crippen LogP contribution in [0.4, 0.5) is 4.79 Å². The number of amides is 1. The molecule has 1 aromatic carbocycles. The molecule has 39 heavy (non-hydrogen) atoms. The molecule has 1 aliphatic heterocycles. The SMILES string of the molecule is COc1c(Cl)ncnc1-c1ccc2nc(Cc3cc(CN4CCN(C(=O)OC(C)(C)C)CC4)ccn3)[nH]c2c1. The van der Waals surface area contributed by atoms with Gasteiger partial charge in [-0.2, -0.15) is 0 Å². The number of aromatic nitrogens is 5. The first-order valence-corrected chi connectivity index (χ1v) is 13.2. The van der Waals surface area contributed by atoms with Crippen LogP contribution in [-0.2, 0) is 17.7 Å². The lowest BCUT2D eigenvalue weighted by Gasteiger charge is -2.35. The summed E-state index contributed by atoms with van der Waals surface area (Å²) >= 11 is 6.18. The maximum Gasteiger partial charge on any atom is 0.410 e. The third kappa shape index (κ3) is 6.46. The van der Waals surface area contributed by atoms with Gasteiger partial charge in [-0.25, -0.2) is 19.7 Å². The van der Waals surface area contributed by atoms with Gasteiger partial charge in [0.1, 0.15) is 23.4 Å². The molecular formula is C28H32ClN7O3. The smallest absolute Gasteiger partial charge is 0.410 e. The van der Waals surface area contributed by atoms with Crippen molar-refractivity contribution in [1.29, 1.82) is 0 Å². The standard InChI is InChI=1S/C28H32ClN7O3/c1-28(2,3)39-27(37)36-11-9-35(10-12-36)16-18-7-8-30-20(13-18)15-23-33-21-6-5-19(14-22(21)34-23)24-25(38-4)26(29)32-17-31-24/h5-8,13-14,17H,9-12,15-16H2,1-4H3,(H,33,34). The third-order valence-corrected chi connectivity index (χ3v) is 6.70. The van der Waals surface area contributed by atoms with Gasteiger partial charge in [0.25, 0.3) is 0 Å². The number of nitrogens with one attached hydrogen (secondary N) is 1. The zero-order chi connectivity index (χ0) is 27.6. The van der Waals surface area contributed by atoms with Gasteiger partial charge in [0.15, 0.2) is 10.9 Å². The molecule has 10 nitrogen and oxygen atoms in total. The molecule has 1 amide bonds. The van der Waals surface area contributed by atoms with Crippen LogP contribution in [0.2, 0.25) is 5.15 Å².